The van der Waals surface area contributed by atoms with Gasteiger partial charge in [-0.25, -0.2) is 13.9 Å². The predicted molar refractivity (Wildman–Crippen MR) is 103 cm³/mol. The topological polar surface area (TPSA) is 107 Å². The Morgan fingerprint density at radius 1 is 1.07 bits per heavy atom. The molecule has 1 heterocycles. The third kappa shape index (κ3) is 3.81. The normalized spacial score (nSPS) is 18.4. The smallest absolute Gasteiger partial charge is 0.279 e. The van der Waals surface area contributed by atoms with Gasteiger partial charge in [-0.1, -0.05) is 48.5 Å². The first kappa shape index (κ1) is 20.5. The second-order valence-electron chi connectivity index (χ2n) is 7.10. The van der Waals surface area contributed by atoms with Crippen molar-refractivity contribution in [2.75, 3.05) is 13.1 Å². The molecule has 2 aromatic carbocycles. The van der Waals surface area contributed by atoms with Crippen LogP contribution in [0.2, 0.25) is 0 Å². The molecule has 0 aliphatic carbocycles. The van der Waals surface area contributed by atoms with E-state index in [1.165, 1.54) is 33.5 Å². The summed E-state index contributed by atoms with van der Waals surface area (Å²) in [5.74, 6) is -0.802. The molecule has 0 saturated carbocycles. The molecule has 0 radical (unpaired) electrons. The van der Waals surface area contributed by atoms with Crippen molar-refractivity contribution in [3.8, 4) is 0 Å². The molecule has 1 atom stereocenters. The molecule has 0 aromatic heterocycles. The molecule has 1 amide bonds. The number of hydrogen-bond donors (Lipinski definition) is 3. The Labute approximate surface area is 164 Å². The fraction of sp³-hybridized carbons (Fsp3) is 0.350. The lowest BCUT2D eigenvalue weighted by Gasteiger charge is -2.33. The summed E-state index contributed by atoms with van der Waals surface area (Å²) in [6, 6.07) is 15.8. The van der Waals surface area contributed by atoms with Gasteiger partial charge in [-0.3, -0.25) is 10.0 Å². The van der Waals surface area contributed by atoms with Gasteiger partial charge < -0.3 is 5.11 Å². The zero-order chi connectivity index (χ0) is 20.4. The zero-order valence-electron chi connectivity index (χ0n) is 15.6. The van der Waals surface area contributed by atoms with Crippen LogP contribution in [0.4, 0.5) is 0 Å². The molecule has 0 spiro atoms. The lowest BCUT2D eigenvalue weighted by atomic mass is 9.90. The molecule has 1 aliphatic heterocycles. The summed E-state index contributed by atoms with van der Waals surface area (Å²) < 4.78 is 27.8. The summed E-state index contributed by atoms with van der Waals surface area (Å²) in [7, 11) is -3.91. The van der Waals surface area contributed by atoms with Crippen LogP contribution in [0.1, 0.15) is 36.8 Å². The summed E-state index contributed by atoms with van der Waals surface area (Å²) in [5, 5.41) is 19.4. The molecule has 150 valence electrons. The van der Waals surface area contributed by atoms with Crippen LogP contribution in [0, 0.1) is 0 Å². The third-order valence-electron chi connectivity index (χ3n) is 5.30. The van der Waals surface area contributed by atoms with Crippen molar-refractivity contribution < 1.29 is 23.5 Å². The number of sulfonamides is 1. The number of rotatable bonds is 5. The van der Waals surface area contributed by atoms with Crippen LogP contribution in [-0.2, 0) is 20.4 Å². The lowest BCUT2D eigenvalue weighted by molar-refractivity contribution is -0.148. The maximum atomic E-state index is 13.2. The van der Waals surface area contributed by atoms with Crippen LogP contribution in [0.15, 0.2) is 59.5 Å². The van der Waals surface area contributed by atoms with E-state index in [1.807, 2.05) is 18.2 Å². The monoisotopic (exact) mass is 404 g/mol. The number of nitrogens with zero attached hydrogens (tertiary/aromatic N) is 1. The predicted octanol–water partition coefficient (Wildman–Crippen LogP) is 1.97. The van der Waals surface area contributed by atoms with Crippen LogP contribution in [-0.4, -0.2) is 42.0 Å². The Balaban J connectivity index is 1.86. The van der Waals surface area contributed by atoms with Gasteiger partial charge in [0.25, 0.3) is 5.91 Å². The SMILES string of the molecule is CC(O)(C(=O)NO)c1ccccc1S(=O)(=O)N1CCC(c2ccccc2)CC1. The summed E-state index contributed by atoms with van der Waals surface area (Å²) in [6.45, 7) is 1.85. The number of benzene rings is 2. The van der Waals surface area contributed by atoms with Gasteiger partial charge in [0, 0.05) is 18.7 Å². The van der Waals surface area contributed by atoms with E-state index in [1.54, 1.807) is 6.07 Å². The number of carbonyl (C=O) groups excluding carboxylic acids is 1. The number of carbonyl (C=O) groups is 1. The lowest BCUT2D eigenvalue weighted by Crippen LogP contribution is -2.43. The van der Waals surface area contributed by atoms with Gasteiger partial charge in [0.05, 0.1) is 4.90 Å². The van der Waals surface area contributed by atoms with Crippen molar-refractivity contribution in [1.82, 2.24) is 9.79 Å². The van der Waals surface area contributed by atoms with Crippen molar-refractivity contribution in [1.29, 1.82) is 0 Å². The van der Waals surface area contributed by atoms with Crippen molar-refractivity contribution in [2.24, 2.45) is 0 Å². The second kappa shape index (κ2) is 8.00. The minimum absolute atomic E-state index is 0.0771. The Hall–Kier alpha value is -2.26. The molecule has 0 bridgehead atoms. The average Bonchev–Trinajstić information content (AvgIpc) is 2.73. The Kier molecular flexibility index (Phi) is 5.85. The molecule has 28 heavy (non-hydrogen) atoms. The first-order valence-corrected chi connectivity index (χ1v) is 10.5. The summed E-state index contributed by atoms with van der Waals surface area (Å²) in [6.07, 6.45) is 1.39. The molecule has 1 fully saturated rings. The van der Waals surface area contributed by atoms with Crippen molar-refractivity contribution in [2.45, 2.75) is 36.2 Å². The van der Waals surface area contributed by atoms with Crippen LogP contribution >= 0.6 is 0 Å². The van der Waals surface area contributed by atoms with E-state index in [0.29, 0.717) is 31.8 Å². The fourth-order valence-corrected chi connectivity index (χ4v) is 5.38. The highest BCUT2D eigenvalue weighted by Crippen LogP contribution is 2.34. The highest BCUT2D eigenvalue weighted by atomic mass is 32.2. The van der Waals surface area contributed by atoms with Crippen molar-refractivity contribution in [3.05, 3.63) is 65.7 Å². The van der Waals surface area contributed by atoms with Gasteiger partial charge >= 0.3 is 0 Å². The van der Waals surface area contributed by atoms with Gasteiger partial charge in [-0.2, -0.15) is 4.31 Å². The van der Waals surface area contributed by atoms with E-state index in [-0.39, 0.29) is 10.5 Å². The highest BCUT2D eigenvalue weighted by Gasteiger charge is 2.39. The number of amides is 1. The number of aliphatic hydroxyl groups is 1. The molecule has 3 N–H and O–H groups in total. The standard InChI is InChI=1S/C20H24N2O5S/c1-20(24,19(23)21-25)17-9-5-6-10-18(17)28(26,27)22-13-11-16(12-14-22)15-7-3-2-4-8-15/h2-10,16,24-25H,11-14H2,1H3,(H,21,23). The molecule has 8 heteroatoms. The molecular weight excluding hydrogens is 380 g/mol. The zero-order valence-corrected chi connectivity index (χ0v) is 16.4. The largest absolute Gasteiger partial charge is 0.375 e. The number of hydroxylamine groups is 1. The van der Waals surface area contributed by atoms with Gasteiger partial charge in [0.15, 0.2) is 5.60 Å². The highest BCUT2D eigenvalue weighted by molar-refractivity contribution is 7.89. The fourth-order valence-electron chi connectivity index (χ4n) is 3.62. The van der Waals surface area contributed by atoms with Crippen LogP contribution in [0.25, 0.3) is 0 Å². The van der Waals surface area contributed by atoms with Gasteiger partial charge in [0.2, 0.25) is 10.0 Å². The quantitative estimate of drug-likeness (QED) is 0.522. The molecular formula is C20H24N2O5S. The number of piperidine rings is 1. The number of hydrogen-bond acceptors (Lipinski definition) is 5. The molecule has 2 aromatic rings. The maximum Gasteiger partial charge on any atom is 0.279 e. The Morgan fingerprint density at radius 2 is 1.64 bits per heavy atom. The van der Waals surface area contributed by atoms with Crippen LogP contribution in [0.5, 0.6) is 0 Å². The van der Waals surface area contributed by atoms with E-state index in [4.69, 9.17) is 5.21 Å². The van der Waals surface area contributed by atoms with Gasteiger partial charge in [-0.05, 0) is 37.3 Å². The Bertz CT molecular complexity index is 936. The van der Waals surface area contributed by atoms with Gasteiger partial charge in [0.1, 0.15) is 0 Å². The van der Waals surface area contributed by atoms with Crippen molar-refractivity contribution in [3.63, 3.8) is 0 Å². The average molecular weight is 404 g/mol. The van der Waals surface area contributed by atoms with E-state index < -0.39 is 21.5 Å². The number of nitrogens with one attached hydrogen (secondary N) is 1. The van der Waals surface area contributed by atoms with E-state index in [9.17, 15) is 18.3 Å². The molecule has 3 rings (SSSR count). The third-order valence-corrected chi connectivity index (χ3v) is 7.25. The molecule has 1 aliphatic rings. The van der Waals surface area contributed by atoms with Crippen LogP contribution < -0.4 is 5.48 Å². The maximum absolute atomic E-state index is 13.2. The second-order valence-corrected chi connectivity index (χ2v) is 9.00. The molecule has 7 nitrogen and oxygen atoms in total. The van der Waals surface area contributed by atoms with Crippen molar-refractivity contribution >= 4 is 15.9 Å². The van der Waals surface area contributed by atoms with Crippen LogP contribution in [0.3, 0.4) is 0 Å². The minimum Gasteiger partial charge on any atom is -0.375 e. The molecule has 1 saturated heterocycles. The first-order chi connectivity index (χ1) is 13.3. The summed E-state index contributed by atoms with van der Waals surface area (Å²) >= 11 is 0. The first-order valence-electron chi connectivity index (χ1n) is 9.10. The summed E-state index contributed by atoms with van der Waals surface area (Å²) in [5.41, 5.74) is 0.315. The van der Waals surface area contributed by atoms with E-state index >= 15 is 0 Å². The summed E-state index contributed by atoms with van der Waals surface area (Å²) in [4.78, 5) is 11.7. The van der Waals surface area contributed by atoms with E-state index in [0.717, 1.165) is 6.92 Å². The van der Waals surface area contributed by atoms with Gasteiger partial charge in [-0.15, -0.1) is 0 Å². The minimum atomic E-state index is -3.91. The Morgan fingerprint density at radius 3 is 2.25 bits per heavy atom. The van der Waals surface area contributed by atoms with E-state index in [2.05, 4.69) is 12.1 Å². The molecule has 1 unspecified atom stereocenters.